The van der Waals surface area contributed by atoms with Crippen LogP contribution in [0, 0.1) is 5.82 Å². The molecule has 0 saturated carbocycles. The number of hydrogen-bond donors (Lipinski definition) is 0. The van der Waals surface area contributed by atoms with Gasteiger partial charge in [0.1, 0.15) is 17.8 Å². The Balaban J connectivity index is 1.40. The SMILES string of the molecule is CCc1ccc(C2CC(c3nc(-c4ccc(F)cc4)co3)CN(C(=O)N3CCOCC3)C2)cc1. The van der Waals surface area contributed by atoms with Gasteiger partial charge in [-0.25, -0.2) is 14.2 Å². The van der Waals surface area contributed by atoms with Gasteiger partial charge >= 0.3 is 6.03 Å². The fourth-order valence-corrected chi connectivity index (χ4v) is 4.88. The Morgan fingerprint density at radius 2 is 1.71 bits per heavy atom. The summed E-state index contributed by atoms with van der Waals surface area (Å²) in [6.45, 7) is 5.76. The average molecular weight is 464 g/mol. The molecule has 2 aliphatic heterocycles. The number of carbonyl (C=O) groups is 1. The average Bonchev–Trinajstić information content (AvgIpc) is 3.39. The van der Waals surface area contributed by atoms with Gasteiger partial charge in [0.2, 0.25) is 0 Å². The van der Waals surface area contributed by atoms with Crippen molar-refractivity contribution in [1.82, 2.24) is 14.8 Å². The second kappa shape index (κ2) is 9.97. The molecule has 2 amide bonds. The van der Waals surface area contributed by atoms with E-state index in [0.29, 0.717) is 51.0 Å². The van der Waals surface area contributed by atoms with E-state index in [1.54, 1.807) is 18.4 Å². The number of urea groups is 1. The molecule has 0 spiro atoms. The third kappa shape index (κ3) is 4.85. The van der Waals surface area contributed by atoms with Gasteiger partial charge in [0.25, 0.3) is 0 Å². The van der Waals surface area contributed by atoms with Crippen LogP contribution < -0.4 is 0 Å². The number of likely N-dealkylation sites (tertiary alicyclic amines) is 1. The molecule has 0 bridgehead atoms. The summed E-state index contributed by atoms with van der Waals surface area (Å²) in [5.74, 6) is 0.502. The molecule has 6 nitrogen and oxygen atoms in total. The van der Waals surface area contributed by atoms with Crippen molar-refractivity contribution in [2.75, 3.05) is 39.4 Å². The van der Waals surface area contributed by atoms with Crippen molar-refractivity contribution < 1.29 is 18.3 Å². The lowest BCUT2D eigenvalue weighted by atomic mass is 9.84. The molecule has 2 atom stereocenters. The van der Waals surface area contributed by atoms with Crippen molar-refractivity contribution in [2.45, 2.75) is 31.6 Å². The van der Waals surface area contributed by atoms with Gasteiger partial charge in [0.15, 0.2) is 5.89 Å². The van der Waals surface area contributed by atoms with Crippen molar-refractivity contribution in [3.8, 4) is 11.3 Å². The van der Waals surface area contributed by atoms with Gasteiger partial charge in [-0.15, -0.1) is 0 Å². The first-order chi connectivity index (χ1) is 16.6. The molecular weight excluding hydrogens is 433 g/mol. The Labute approximate surface area is 199 Å². The lowest BCUT2D eigenvalue weighted by Gasteiger charge is -2.40. The van der Waals surface area contributed by atoms with E-state index in [1.165, 1.54) is 23.3 Å². The van der Waals surface area contributed by atoms with Gasteiger partial charge in [-0.1, -0.05) is 31.2 Å². The third-order valence-corrected chi connectivity index (χ3v) is 6.87. The smallest absolute Gasteiger partial charge is 0.320 e. The van der Waals surface area contributed by atoms with E-state index >= 15 is 0 Å². The van der Waals surface area contributed by atoms with Crippen LogP contribution in [0.15, 0.2) is 59.2 Å². The van der Waals surface area contributed by atoms with Crippen LogP contribution in [0.3, 0.4) is 0 Å². The topological polar surface area (TPSA) is 58.8 Å². The Kier molecular flexibility index (Phi) is 6.63. The number of nitrogens with zero attached hydrogens (tertiary/aromatic N) is 3. The first-order valence-corrected chi connectivity index (χ1v) is 12.0. The first-order valence-electron chi connectivity index (χ1n) is 12.0. The summed E-state index contributed by atoms with van der Waals surface area (Å²) in [7, 11) is 0. The zero-order chi connectivity index (χ0) is 23.5. The number of aryl methyl sites for hydroxylation is 1. The van der Waals surface area contributed by atoms with E-state index < -0.39 is 0 Å². The number of piperidine rings is 1. The summed E-state index contributed by atoms with van der Waals surface area (Å²) in [5, 5.41) is 0. The maximum atomic E-state index is 13.4. The molecule has 3 aromatic rings. The molecule has 2 aliphatic rings. The molecule has 34 heavy (non-hydrogen) atoms. The van der Waals surface area contributed by atoms with Crippen LogP contribution in [0.1, 0.15) is 42.2 Å². The third-order valence-electron chi connectivity index (χ3n) is 6.87. The summed E-state index contributed by atoms with van der Waals surface area (Å²) in [5.41, 5.74) is 4.01. The zero-order valence-corrected chi connectivity index (χ0v) is 19.5. The highest BCUT2D eigenvalue weighted by molar-refractivity contribution is 5.75. The highest BCUT2D eigenvalue weighted by atomic mass is 19.1. The first kappa shape index (κ1) is 22.6. The molecule has 0 N–H and O–H groups in total. The summed E-state index contributed by atoms with van der Waals surface area (Å²) >= 11 is 0. The van der Waals surface area contributed by atoms with Crippen molar-refractivity contribution >= 4 is 6.03 Å². The second-order valence-electron chi connectivity index (χ2n) is 9.09. The number of oxazole rings is 1. The van der Waals surface area contributed by atoms with E-state index in [9.17, 15) is 9.18 Å². The van der Waals surface area contributed by atoms with Gasteiger partial charge in [0.05, 0.1) is 19.1 Å². The standard InChI is InChI=1S/C27H30FN3O3/c1-2-19-3-5-20(6-4-19)22-15-23(17-31(16-22)27(32)30-11-13-33-14-12-30)26-29-25(18-34-26)21-7-9-24(28)10-8-21/h3-10,18,22-23H,2,11-17H2,1H3. The molecule has 5 rings (SSSR count). The number of benzene rings is 2. The Morgan fingerprint density at radius 3 is 2.41 bits per heavy atom. The van der Waals surface area contributed by atoms with Gasteiger partial charge in [-0.05, 0) is 48.2 Å². The van der Waals surface area contributed by atoms with E-state index in [4.69, 9.17) is 14.1 Å². The molecule has 178 valence electrons. The minimum Gasteiger partial charge on any atom is -0.448 e. The van der Waals surface area contributed by atoms with E-state index in [1.807, 2.05) is 9.80 Å². The lowest BCUT2D eigenvalue weighted by Crippen LogP contribution is -2.52. The van der Waals surface area contributed by atoms with Crippen molar-refractivity contribution in [3.63, 3.8) is 0 Å². The number of aromatic nitrogens is 1. The predicted molar refractivity (Wildman–Crippen MR) is 127 cm³/mol. The highest BCUT2D eigenvalue weighted by Gasteiger charge is 2.36. The van der Waals surface area contributed by atoms with Gasteiger partial charge < -0.3 is 19.0 Å². The van der Waals surface area contributed by atoms with Crippen LogP contribution >= 0.6 is 0 Å². The summed E-state index contributed by atoms with van der Waals surface area (Å²) in [6, 6.07) is 15.0. The Hall–Kier alpha value is -3.19. The second-order valence-corrected chi connectivity index (χ2v) is 9.09. The van der Waals surface area contributed by atoms with E-state index in [0.717, 1.165) is 18.4 Å². The number of ether oxygens (including phenoxy) is 1. The molecular formula is C27H30FN3O3. The number of carbonyl (C=O) groups excluding carboxylic acids is 1. The normalized spacial score (nSPS) is 21.0. The molecule has 1 aromatic heterocycles. The van der Waals surface area contributed by atoms with Crippen LogP contribution in [-0.2, 0) is 11.2 Å². The molecule has 7 heteroatoms. The van der Waals surface area contributed by atoms with Gasteiger partial charge in [0, 0.05) is 37.7 Å². The molecule has 0 aliphatic carbocycles. The van der Waals surface area contributed by atoms with Crippen molar-refractivity contribution in [1.29, 1.82) is 0 Å². The van der Waals surface area contributed by atoms with E-state index in [2.05, 4.69) is 31.2 Å². The number of hydrogen-bond acceptors (Lipinski definition) is 4. The molecule has 2 saturated heterocycles. The van der Waals surface area contributed by atoms with Crippen LogP contribution in [0.25, 0.3) is 11.3 Å². The van der Waals surface area contributed by atoms with Crippen LogP contribution in [-0.4, -0.2) is 60.2 Å². The fourth-order valence-electron chi connectivity index (χ4n) is 4.88. The minimum absolute atomic E-state index is 0.0243. The Morgan fingerprint density at radius 1 is 1.00 bits per heavy atom. The maximum absolute atomic E-state index is 13.4. The summed E-state index contributed by atoms with van der Waals surface area (Å²) in [4.78, 5) is 21.9. The van der Waals surface area contributed by atoms with Crippen LogP contribution in [0.2, 0.25) is 0 Å². The molecule has 3 heterocycles. The Bertz CT molecular complexity index is 1110. The predicted octanol–water partition coefficient (Wildman–Crippen LogP) is 5.07. The van der Waals surface area contributed by atoms with Crippen molar-refractivity contribution in [2.24, 2.45) is 0 Å². The number of amides is 2. The fraction of sp³-hybridized carbons (Fsp3) is 0.407. The molecule has 2 aromatic carbocycles. The highest BCUT2D eigenvalue weighted by Crippen LogP contribution is 2.37. The number of halogens is 1. The summed E-state index contributed by atoms with van der Waals surface area (Å²) < 4.78 is 24.7. The monoisotopic (exact) mass is 463 g/mol. The molecule has 2 unspecified atom stereocenters. The van der Waals surface area contributed by atoms with Crippen LogP contribution in [0.4, 0.5) is 9.18 Å². The number of rotatable bonds is 4. The molecule has 0 radical (unpaired) electrons. The number of morpholine rings is 1. The van der Waals surface area contributed by atoms with Crippen LogP contribution in [0.5, 0.6) is 0 Å². The zero-order valence-electron chi connectivity index (χ0n) is 19.5. The minimum atomic E-state index is -0.283. The molecule has 2 fully saturated rings. The van der Waals surface area contributed by atoms with Gasteiger partial charge in [-0.2, -0.15) is 0 Å². The quantitative estimate of drug-likeness (QED) is 0.542. The van der Waals surface area contributed by atoms with E-state index in [-0.39, 0.29) is 23.7 Å². The van der Waals surface area contributed by atoms with Gasteiger partial charge in [-0.3, -0.25) is 0 Å². The lowest BCUT2D eigenvalue weighted by molar-refractivity contribution is 0.0393. The largest absolute Gasteiger partial charge is 0.448 e. The van der Waals surface area contributed by atoms with Crippen molar-refractivity contribution in [3.05, 3.63) is 77.6 Å². The maximum Gasteiger partial charge on any atom is 0.320 e. The summed E-state index contributed by atoms with van der Waals surface area (Å²) in [6.07, 6.45) is 3.47.